The van der Waals surface area contributed by atoms with Gasteiger partial charge >= 0.3 is 0 Å². The van der Waals surface area contributed by atoms with Crippen molar-refractivity contribution in [3.63, 3.8) is 0 Å². The standard InChI is InChI=1S/C18H15NO5/c20-9-3-8-19-15-13(18(23)24)7-6-12-14(15)17(22)11-5-2-1-4-10(11)16(12)21/h1-2,4-7,19-20H,3,8-9H2,(H,23,24)/p-1. The topological polar surface area (TPSA) is 107 Å². The first-order valence-corrected chi connectivity index (χ1v) is 7.47. The molecule has 6 nitrogen and oxygen atoms in total. The quantitative estimate of drug-likeness (QED) is 0.666. The summed E-state index contributed by atoms with van der Waals surface area (Å²) >= 11 is 0. The number of carboxylic acids is 1. The number of aromatic carboxylic acids is 1. The van der Waals surface area contributed by atoms with Crippen LogP contribution in [0.15, 0.2) is 36.4 Å². The fourth-order valence-electron chi connectivity index (χ4n) is 2.83. The highest BCUT2D eigenvalue weighted by Gasteiger charge is 2.32. The number of carbonyl (C=O) groups is 3. The maximum absolute atomic E-state index is 12.8. The highest BCUT2D eigenvalue weighted by atomic mass is 16.4. The molecule has 0 fully saturated rings. The first-order chi connectivity index (χ1) is 11.6. The van der Waals surface area contributed by atoms with E-state index in [0.29, 0.717) is 12.0 Å². The summed E-state index contributed by atoms with van der Waals surface area (Å²) in [7, 11) is 0. The lowest BCUT2D eigenvalue weighted by molar-refractivity contribution is -0.254. The van der Waals surface area contributed by atoms with Gasteiger partial charge in [-0.05, 0) is 12.5 Å². The Balaban J connectivity index is 2.20. The van der Waals surface area contributed by atoms with E-state index in [1.165, 1.54) is 12.1 Å². The van der Waals surface area contributed by atoms with Gasteiger partial charge in [-0.3, -0.25) is 9.59 Å². The Bertz CT molecular complexity index is 856. The highest BCUT2D eigenvalue weighted by Crippen LogP contribution is 2.34. The second-order valence-electron chi connectivity index (χ2n) is 5.41. The molecule has 6 heteroatoms. The largest absolute Gasteiger partial charge is 0.545 e. The van der Waals surface area contributed by atoms with Crippen molar-refractivity contribution in [3.05, 3.63) is 64.2 Å². The number of hydrogen-bond donors (Lipinski definition) is 2. The second-order valence-corrected chi connectivity index (χ2v) is 5.41. The minimum Gasteiger partial charge on any atom is -0.545 e. The summed E-state index contributed by atoms with van der Waals surface area (Å²) in [6, 6.07) is 9.04. The summed E-state index contributed by atoms with van der Waals surface area (Å²) in [4.78, 5) is 36.8. The van der Waals surface area contributed by atoms with Crippen molar-refractivity contribution in [1.82, 2.24) is 0 Å². The third kappa shape index (κ3) is 2.47. The number of hydrogen-bond acceptors (Lipinski definition) is 6. The molecule has 0 unspecified atom stereocenters. The molecule has 122 valence electrons. The first-order valence-electron chi connectivity index (χ1n) is 7.47. The summed E-state index contributed by atoms with van der Waals surface area (Å²) in [5.74, 6) is -2.17. The molecule has 0 atom stereocenters. The summed E-state index contributed by atoms with van der Waals surface area (Å²) in [5, 5.41) is 23.1. The molecule has 0 radical (unpaired) electrons. The number of benzene rings is 2. The fraction of sp³-hybridized carbons (Fsp3) is 0.167. The van der Waals surface area contributed by atoms with Crippen LogP contribution in [0.1, 0.15) is 48.6 Å². The van der Waals surface area contributed by atoms with Gasteiger partial charge < -0.3 is 20.3 Å². The lowest BCUT2D eigenvalue weighted by atomic mass is 9.82. The zero-order valence-corrected chi connectivity index (χ0v) is 12.7. The van der Waals surface area contributed by atoms with Crippen LogP contribution in [0.3, 0.4) is 0 Å². The van der Waals surface area contributed by atoms with E-state index in [1.807, 2.05) is 0 Å². The van der Waals surface area contributed by atoms with E-state index < -0.39 is 11.8 Å². The number of carboxylic acid groups (broad SMARTS) is 1. The Morgan fingerprint density at radius 2 is 1.67 bits per heavy atom. The van der Waals surface area contributed by atoms with Crippen molar-refractivity contribution >= 4 is 23.2 Å². The summed E-state index contributed by atoms with van der Waals surface area (Å²) in [5.41, 5.74) is 0.628. The highest BCUT2D eigenvalue weighted by molar-refractivity contribution is 6.30. The normalized spacial score (nSPS) is 12.5. The van der Waals surface area contributed by atoms with Crippen molar-refractivity contribution in [3.8, 4) is 0 Å². The summed E-state index contributed by atoms with van der Waals surface area (Å²) in [6.45, 7) is 0.175. The van der Waals surface area contributed by atoms with Gasteiger partial charge in [0.25, 0.3) is 0 Å². The van der Waals surface area contributed by atoms with Crippen LogP contribution in [0, 0.1) is 0 Å². The van der Waals surface area contributed by atoms with Crippen LogP contribution in [0.5, 0.6) is 0 Å². The molecule has 24 heavy (non-hydrogen) atoms. The molecule has 3 rings (SSSR count). The first kappa shape index (κ1) is 15.9. The van der Waals surface area contributed by atoms with Crippen LogP contribution in [0.25, 0.3) is 0 Å². The molecule has 0 heterocycles. The lowest BCUT2D eigenvalue weighted by Crippen LogP contribution is -2.28. The minimum absolute atomic E-state index is 0.0401. The van der Waals surface area contributed by atoms with Crippen molar-refractivity contribution in [2.24, 2.45) is 0 Å². The van der Waals surface area contributed by atoms with Crippen LogP contribution in [0.2, 0.25) is 0 Å². The Kier molecular flexibility index (Phi) is 4.14. The maximum atomic E-state index is 12.8. The van der Waals surface area contributed by atoms with Crippen LogP contribution in [-0.4, -0.2) is 35.8 Å². The average molecular weight is 324 g/mol. The number of aliphatic hydroxyl groups is 1. The minimum atomic E-state index is -1.44. The molecule has 0 aliphatic heterocycles. The Morgan fingerprint density at radius 1 is 1.00 bits per heavy atom. The molecule has 1 aliphatic carbocycles. The molecule has 2 aromatic carbocycles. The molecule has 1 aliphatic rings. The molecule has 0 saturated heterocycles. The smallest absolute Gasteiger partial charge is 0.196 e. The molecule has 0 saturated carbocycles. The zero-order chi connectivity index (χ0) is 17.3. The second kappa shape index (κ2) is 6.25. The van der Waals surface area contributed by atoms with Gasteiger partial charge in [-0.2, -0.15) is 0 Å². The van der Waals surface area contributed by atoms with Gasteiger partial charge in [-0.25, -0.2) is 0 Å². The Morgan fingerprint density at radius 3 is 2.29 bits per heavy atom. The van der Waals surface area contributed by atoms with Crippen molar-refractivity contribution in [2.75, 3.05) is 18.5 Å². The van der Waals surface area contributed by atoms with Gasteiger partial charge in [-0.1, -0.05) is 30.3 Å². The summed E-state index contributed by atoms with van der Waals surface area (Å²) < 4.78 is 0. The monoisotopic (exact) mass is 324 g/mol. The molecule has 2 aromatic rings. The number of aliphatic hydroxyl groups excluding tert-OH is 1. The van der Waals surface area contributed by atoms with Gasteiger partial charge in [-0.15, -0.1) is 0 Å². The number of fused-ring (bicyclic) bond motifs is 2. The van der Waals surface area contributed by atoms with Gasteiger partial charge in [0.15, 0.2) is 11.6 Å². The number of ketones is 2. The Hall–Kier alpha value is -2.99. The van der Waals surface area contributed by atoms with E-state index >= 15 is 0 Å². The third-order valence-corrected chi connectivity index (χ3v) is 3.95. The zero-order valence-electron chi connectivity index (χ0n) is 12.7. The van der Waals surface area contributed by atoms with E-state index in [4.69, 9.17) is 5.11 Å². The van der Waals surface area contributed by atoms with Crippen LogP contribution >= 0.6 is 0 Å². The molecule has 0 aromatic heterocycles. The SMILES string of the molecule is O=C([O-])c1ccc2c(c1NCCCO)C(=O)c1ccccc1C2=O. The molecular formula is C18H14NO5-. The number of nitrogens with one attached hydrogen (secondary N) is 1. The molecular weight excluding hydrogens is 310 g/mol. The van der Waals surface area contributed by atoms with Crippen LogP contribution in [-0.2, 0) is 0 Å². The number of carbonyl (C=O) groups excluding carboxylic acids is 3. The van der Waals surface area contributed by atoms with E-state index in [9.17, 15) is 19.5 Å². The molecule has 0 bridgehead atoms. The van der Waals surface area contributed by atoms with Crippen molar-refractivity contribution < 1.29 is 24.6 Å². The van der Waals surface area contributed by atoms with Crippen molar-refractivity contribution in [1.29, 1.82) is 0 Å². The van der Waals surface area contributed by atoms with E-state index in [1.54, 1.807) is 24.3 Å². The predicted molar refractivity (Wildman–Crippen MR) is 84.3 cm³/mol. The van der Waals surface area contributed by atoms with Crippen LogP contribution < -0.4 is 10.4 Å². The van der Waals surface area contributed by atoms with Crippen molar-refractivity contribution in [2.45, 2.75) is 6.42 Å². The average Bonchev–Trinajstić information content (AvgIpc) is 2.59. The molecule has 2 N–H and O–H groups in total. The Labute approximate surface area is 137 Å². The van der Waals surface area contributed by atoms with Gasteiger partial charge in [0.05, 0.1) is 17.2 Å². The molecule has 0 spiro atoms. The lowest BCUT2D eigenvalue weighted by Gasteiger charge is -2.23. The third-order valence-electron chi connectivity index (χ3n) is 3.95. The van der Waals surface area contributed by atoms with Gasteiger partial charge in [0, 0.05) is 35.4 Å². The number of anilines is 1. The van der Waals surface area contributed by atoms with E-state index in [2.05, 4.69) is 5.32 Å². The summed E-state index contributed by atoms with van der Waals surface area (Å²) in [6.07, 6.45) is 0.370. The predicted octanol–water partition coefficient (Wildman–Crippen LogP) is 0.620. The molecule has 0 amide bonds. The fourth-order valence-corrected chi connectivity index (χ4v) is 2.83. The van der Waals surface area contributed by atoms with Crippen LogP contribution in [0.4, 0.5) is 5.69 Å². The van der Waals surface area contributed by atoms with E-state index in [0.717, 1.165) is 0 Å². The van der Waals surface area contributed by atoms with Gasteiger partial charge in [0.1, 0.15) is 0 Å². The maximum Gasteiger partial charge on any atom is 0.196 e. The number of rotatable bonds is 5. The van der Waals surface area contributed by atoms with E-state index in [-0.39, 0.29) is 46.9 Å². The van der Waals surface area contributed by atoms with Gasteiger partial charge in [0.2, 0.25) is 0 Å².